The van der Waals surface area contributed by atoms with Crippen LogP contribution in [0.3, 0.4) is 0 Å². The van der Waals surface area contributed by atoms with E-state index in [0.29, 0.717) is 31.8 Å². The van der Waals surface area contributed by atoms with E-state index < -0.39 is 0 Å². The molecule has 1 heterocycles. The summed E-state index contributed by atoms with van der Waals surface area (Å²) in [7, 11) is 0. The Kier molecular flexibility index (Phi) is 3.89. The van der Waals surface area contributed by atoms with Crippen molar-refractivity contribution in [3.63, 3.8) is 0 Å². The Morgan fingerprint density at radius 2 is 2.29 bits per heavy atom. The second kappa shape index (κ2) is 4.75. The topological polar surface area (TPSA) is 66.6 Å². The van der Waals surface area contributed by atoms with Crippen LogP contribution in [0.15, 0.2) is 0 Å². The van der Waals surface area contributed by atoms with Crippen LogP contribution in [0.2, 0.25) is 0 Å². The number of aliphatic hydroxyl groups excluding tert-OH is 1. The highest BCUT2D eigenvalue weighted by molar-refractivity contribution is 5.77. The number of aliphatic hydroxyl groups is 1. The number of nitrogens with zero attached hydrogens (tertiary/aromatic N) is 1. The molecule has 0 aromatic rings. The molecule has 1 amide bonds. The van der Waals surface area contributed by atoms with Crippen molar-refractivity contribution < 1.29 is 9.90 Å². The highest BCUT2D eigenvalue weighted by Crippen LogP contribution is 2.12. The largest absolute Gasteiger partial charge is 0.391 e. The van der Waals surface area contributed by atoms with E-state index in [1.165, 1.54) is 0 Å². The maximum Gasteiger partial charge on any atom is 0.224 e. The third kappa shape index (κ3) is 2.96. The van der Waals surface area contributed by atoms with Gasteiger partial charge in [-0.05, 0) is 12.3 Å². The van der Waals surface area contributed by atoms with Gasteiger partial charge in [0.2, 0.25) is 5.91 Å². The monoisotopic (exact) mass is 200 g/mol. The number of β-amino-alcohol motifs (C(OH)–C–C–N with tert-alkyl or cyclic N) is 1. The van der Waals surface area contributed by atoms with Gasteiger partial charge in [0.1, 0.15) is 0 Å². The van der Waals surface area contributed by atoms with Gasteiger partial charge in [-0.25, -0.2) is 0 Å². The number of nitrogens with two attached hydrogens (primary N) is 1. The predicted octanol–water partition coefficient (Wildman–Crippen LogP) is -0.0470. The molecule has 0 aromatic heterocycles. The predicted molar refractivity (Wildman–Crippen MR) is 54.6 cm³/mol. The summed E-state index contributed by atoms with van der Waals surface area (Å²) in [6, 6.07) is -0.0692. The quantitative estimate of drug-likeness (QED) is 0.671. The van der Waals surface area contributed by atoms with Crippen molar-refractivity contribution in [3.8, 4) is 0 Å². The summed E-state index contributed by atoms with van der Waals surface area (Å²) in [6.45, 7) is 5.17. The van der Waals surface area contributed by atoms with E-state index in [-0.39, 0.29) is 18.1 Å². The Labute approximate surface area is 85.1 Å². The summed E-state index contributed by atoms with van der Waals surface area (Å²) in [5.41, 5.74) is 5.81. The van der Waals surface area contributed by atoms with Crippen LogP contribution in [0, 0.1) is 5.92 Å². The molecule has 0 aromatic carbocycles. The average Bonchev–Trinajstić information content (AvgIpc) is 2.51. The molecule has 1 saturated heterocycles. The first kappa shape index (κ1) is 11.5. The Balaban J connectivity index is 2.35. The van der Waals surface area contributed by atoms with Crippen LogP contribution in [0.4, 0.5) is 0 Å². The molecular formula is C10H20N2O2. The lowest BCUT2D eigenvalue weighted by atomic mass is 10.0. The summed E-state index contributed by atoms with van der Waals surface area (Å²) in [5.74, 6) is 0.397. The van der Waals surface area contributed by atoms with Gasteiger partial charge in [0.15, 0.2) is 0 Å². The van der Waals surface area contributed by atoms with E-state index in [1.807, 2.05) is 13.8 Å². The fourth-order valence-corrected chi connectivity index (χ4v) is 1.53. The van der Waals surface area contributed by atoms with Gasteiger partial charge in [0, 0.05) is 25.6 Å². The summed E-state index contributed by atoms with van der Waals surface area (Å²) in [4.78, 5) is 13.3. The lowest BCUT2D eigenvalue weighted by molar-refractivity contribution is -0.131. The van der Waals surface area contributed by atoms with Crippen LogP contribution in [-0.4, -0.2) is 41.1 Å². The molecule has 1 fully saturated rings. The zero-order valence-electron chi connectivity index (χ0n) is 8.94. The third-order valence-corrected chi connectivity index (χ3v) is 2.78. The van der Waals surface area contributed by atoms with Gasteiger partial charge in [-0.2, -0.15) is 0 Å². The number of rotatable bonds is 3. The van der Waals surface area contributed by atoms with Gasteiger partial charge in [-0.3, -0.25) is 4.79 Å². The molecule has 4 nitrogen and oxygen atoms in total. The van der Waals surface area contributed by atoms with Crippen LogP contribution < -0.4 is 5.73 Å². The summed E-state index contributed by atoms with van der Waals surface area (Å²) >= 11 is 0. The van der Waals surface area contributed by atoms with Crippen LogP contribution in [0.5, 0.6) is 0 Å². The minimum atomic E-state index is -0.339. The molecule has 0 saturated carbocycles. The number of amides is 1. The zero-order valence-corrected chi connectivity index (χ0v) is 8.94. The lowest BCUT2D eigenvalue weighted by Crippen LogP contribution is -2.37. The molecule has 1 unspecified atom stereocenters. The molecule has 0 spiro atoms. The van der Waals surface area contributed by atoms with E-state index in [1.54, 1.807) is 4.90 Å². The van der Waals surface area contributed by atoms with Crippen molar-refractivity contribution in [1.82, 2.24) is 4.90 Å². The van der Waals surface area contributed by atoms with Gasteiger partial charge in [-0.1, -0.05) is 13.8 Å². The first-order valence-corrected chi connectivity index (χ1v) is 5.22. The molecular weight excluding hydrogens is 180 g/mol. The highest BCUT2D eigenvalue weighted by atomic mass is 16.3. The third-order valence-electron chi connectivity index (χ3n) is 2.78. The molecule has 2 atom stereocenters. The SMILES string of the molecule is CC(C)C(N)CC(=O)N1CC[C@H](O)C1. The molecule has 0 aliphatic carbocycles. The number of carbonyl (C=O) groups is 1. The van der Waals surface area contributed by atoms with E-state index in [9.17, 15) is 9.90 Å². The fourth-order valence-electron chi connectivity index (χ4n) is 1.53. The number of hydrogen-bond acceptors (Lipinski definition) is 3. The first-order chi connectivity index (χ1) is 6.50. The number of carbonyl (C=O) groups excluding carboxylic acids is 1. The van der Waals surface area contributed by atoms with Crippen molar-refractivity contribution in [2.45, 2.75) is 38.8 Å². The van der Waals surface area contributed by atoms with Gasteiger partial charge in [-0.15, -0.1) is 0 Å². The van der Waals surface area contributed by atoms with Crippen molar-refractivity contribution in [1.29, 1.82) is 0 Å². The maximum atomic E-state index is 11.6. The normalized spacial score (nSPS) is 24.4. The molecule has 4 heteroatoms. The Bertz CT molecular complexity index is 206. The molecule has 1 rings (SSSR count). The van der Waals surface area contributed by atoms with E-state index in [0.717, 1.165) is 0 Å². The summed E-state index contributed by atoms with van der Waals surface area (Å²) < 4.78 is 0. The van der Waals surface area contributed by atoms with Gasteiger partial charge < -0.3 is 15.7 Å². The number of likely N-dealkylation sites (tertiary alicyclic amines) is 1. The second-order valence-electron chi connectivity index (χ2n) is 4.39. The lowest BCUT2D eigenvalue weighted by Gasteiger charge is -2.20. The van der Waals surface area contributed by atoms with Gasteiger partial charge in [0.05, 0.1) is 6.10 Å². The van der Waals surface area contributed by atoms with E-state index in [4.69, 9.17) is 5.73 Å². The van der Waals surface area contributed by atoms with Gasteiger partial charge in [0.25, 0.3) is 0 Å². The minimum Gasteiger partial charge on any atom is -0.391 e. The fraction of sp³-hybridized carbons (Fsp3) is 0.900. The Hall–Kier alpha value is -0.610. The first-order valence-electron chi connectivity index (χ1n) is 5.22. The Morgan fingerprint density at radius 1 is 1.64 bits per heavy atom. The molecule has 3 N–H and O–H groups in total. The standard InChI is InChI=1S/C10H20N2O2/c1-7(2)9(11)5-10(14)12-4-3-8(13)6-12/h7-9,13H,3-6,11H2,1-2H3/t8-,9?/m0/s1. The van der Waals surface area contributed by atoms with Crippen LogP contribution >= 0.6 is 0 Å². The molecule has 0 bridgehead atoms. The van der Waals surface area contributed by atoms with Crippen LogP contribution in [0.25, 0.3) is 0 Å². The number of hydrogen-bond donors (Lipinski definition) is 2. The van der Waals surface area contributed by atoms with Crippen molar-refractivity contribution in [3.05, 3.63) is 0 Å². The second-order valence-corrected chi connectivity index (χ2v) is 4.39. The molecule has 0 radical (unpaired) electrons. The van der Waals surface area contributed by atoms with Crippen molar-refractivity contribution >= 4 is 5.91 Å². The van der Waals surface area contributed by atoms with Gasteiger partial charge >= 0.3 is 0 Å². The summed E-state index contributed by atoms with van der Waals surface area (Å²) in [6.07, 6.45) is 0.752. The average molecular weight is 200 g/mol. The molecule has 82 valence electrons. The van der Waals surface area contributed by atoms with E-state index in [2.05, 4.69) is 0 Å². The van der Waals surface area contributed by atoms with E-state index >= 15 is 0 Å². The molecule has 14 heavy (non-hydrogen) atoms. The summed E-state index contributed by atoms with van der Waals surface area (Å²) in [5, 5.41) is 9.27. The Morgan fingerprint density at radius 3 is 2.71 bits per heavy atom. The smallest absolute Gasteiger partial charge is 0.224 e. The zero-order chi connectivity index (χ0) is 10.7. The maximum absolute atomic E-state index is 11.6. The minimum absolute atomic E-state index is 0.0692. The van der Waals surface area contributed by atoms with Crippen molar-refractivity contribution in [2.75, 3.05) is 13.1 Å². The van der Waals surface area contributed by atoms with Crippen LogP contribution in [-0.2, 0) is 4.79 Å². The van der Waals surface area contributed by atoms with Crippen LogP contribution in [0.1, 0.15) is 26.7 Å². The molecule has 1 aliphatic heterocycles. The molecule has 1 aliphatic rings. The highest BCUT2D eigenvalue weighted by Gasteiger charge is 2.25. The van der Waals surface area contributed by atoms with Crippen molar-refractivity contribution in [2.24, 2.45) is 11.7 Å².